The molecule has 0 aliphatic carbocycles. The summed E-state index contributed by atoms with van der Waals surface area (Å²) in [5.41, 5.74) is 2.81. The van der Waals surface area contributed by atoms with Gasteiger partial charge in [0.25, 0.3) is 0 Å². The van der Waals surface area contributed by atoms with Crippen LogP contribution in [0.25, 0.3) is 0 Å². The molecule has 7 nitrogen and oxygen atoms in total. The molecule has 0 spiro atoms. The molecule has 0 amide bonds. The van der Waals surface area contributed by atoms with E-state index >= 15 is 0 Å². The fraction of sp³-hybridized carbons (Fsp3) is 0.591. The van der Waals surface area contributed by atoms with Crippen LogP contribution < -0.4 is 5.32 Å². The average molecular weight is 525 g/mol. The van der Waals surface area contributed by atoms with Crippen LogP contribution >= 0.6 is 24.0 Å². The molecule has 1 N–H and O–H groups in total. The van der Waals surface area contributed by atoms with Gasteiger partial charge in [0.15, 0.2) is 5.96 Å². The quantitative estimate of drug-likeness (QED) is 0.248. The molecular formula is C22H36IN7. The maximum absolute atomic E-state index is 4.48. The highest BCUT2D eigenvalue weighted by molar-refractivity contribution is 14.0. The van der Waals surface area contributed by atoms with E-state index in [9.17, 15) is 0 Å². The molecule has 0 atom stereocenters. The van der Waals surface area contributed by atoms with Gasteiger partial charge in [-0.15, -0.1) is 34.2 Å². The fourth-order valence-electron chi connectivity index (χ4n) is 3.67. The highest BCUT2D eigenvalue weighted by Crippen LogP contribution is 2.16. The van der Waals surface area contributed by atoms with Gasteiger partial charge in [0.05, 0.1) is 0 Å². The van der Waals surface area contributed by atoms with Gasteiger partial charge in [0.1, 0.15) is 12.7 Å². The topological polar surface area (TPSA) is 61.6 Å². The van der Waals surface area contributed by atoms with E-state index < -0.39 is 0 Å². The third kappa shape index (κ3) is 7.54. The SMILES string of the molecule is CN=C(NCCCCn1cnnc1)N1CCN(Cc2ccc(C(C)C)cc2)CC1.I. The molecular weight excluding hydrogens is 489 g/mol. The summed E-state index contributed by atoms with van der Waals surface area (Å²) in [7, 11) is 1.88. The van der Waals surface area contributed by atoms with Crippen molar-refractivity contribution in [3.05, 3.63) is 48.0 Å². The Labute approximate surface area is 198 Å². The molecule has 1 aliphatic heterocycles. The number of hydrogen-bond donors (Lipinski definition) is 1. The van der Waals surface area contributed by atoms with Crippen molar-refractivity contribution in [2.45, 2.75) is 45.7 Å². The maximum atomic E-state index is 4.48. The summed E-state index contributed by atoms with van der Waals surface area (Å²) in [4.78, 5) is 9.39. The van der Waals surface area contributed by atoms with E-state index in [1.54, 1.807) is 12.7 Å². The van der Waals surface area contributed by atoms with Gasteiger partial charge < -0.3 is 14.8 Å². The molecule has 2 heterocycles. The molecule has 166 valence electrons. The van der Waals surface area contributed by atoms with Gasteiger partial charge in [-0.05, 0) is 29.9 Å². The fourth-order valence-corrected chi connectivity index (χ4v) is 3.67. The van der Waals surface area contributed by atoms with E-state index in [1.165, 1.54) is 11.1 Å². The number of hydrogen-bond acceptors (Lipinski definition) is 4. The Bertz CT molecular complexity index is 735. The Morgan fingerprint density at radius 2 is 1.70 bits per heavy atom. The van der Waals surface area contributed by atoms with Crippen LogP contribution in [-0.2, 0) is 13.1 Å². The lowest BCUT2D eigenvalue weighted by atomic mass is 10.0. The lowest BCUT2D eigenvalue weighted by Crippen LogP contribution is -2.52. The Morgan fingerprint density at radius 1 is 1.03 bits per heavy atom. The van der Waals surface area contributed by atoms with Crippen molar-refractivity contribution in [2.24, 2.45) is 4.99 Å². The van der Waals surface area contributed by atoms with E-state index in [4.69, 9.17) is 0 Å². The molecule has 30 heavy (non-hydrogen) atoms. The lowest BCUT2D eigenvalue weighted by molar-refractivity contribution is 0.172. The molecule has 1 fully saturated rings. The molecule has 3 rings (SSSR count). The van der Waals surface area contributed by atoms with Crippen molar-refractivity contribution in [3.63, 3.8) is 0 Å². The Balaban J connectivity index is 0.00000320. The number of unbranched alkanes of at least 4 members (excludes halogenated alkanes) is 1. The van der Waals surface area contributed by atoms with Crippen LogP contribution in [0.4, 0.5) is 0 Å². The molecule has 0 bridgehead atoms. The van der Waals surface area contributed by atoms with Gasteiger partial charge in [0, 0.05) is 52.9 Å². The number of nitrogens with one attached hydrogen (secondary N) is 1. The van der Waals surface area contributed by atoms with E-state index in [0.717, 1.165) is 64.6 Å². The first kappa shape index (κ1) is 24.6. The van der Waals surface area contributed by atoms with Crippen LogP contribution in [0.2, 0.25) is 0 Å². The molecule has 1 saturated heterocycles. The number of aliphatic imine (C=N–C) groups is 1. The highest BCUT2D eigenvalue weighted by Gasteiger charge is 2.19. The summed E-state index contributed by atoms with van der Waals surface area (Å²) in [5.74, 6) is 1.62. The normalized spacial score (nSPS) is 15.3. The van der Waals surface area contributed by atoms with E-state index in [1.807, 2.05) is 11.6 Å². The zero-order valence-corrected chi connectivity index (χ0v) is 20.8. The molecule has 0 unspecified atom stereocenters. The smallest absolute Gasteiger partial charge is 0.193 e. The molecule has 2 aromatic rings. The zero-order chi connectivity index (χ0) is 20.5. The molecule has 0 radical (unpaired) electrons. The van der Waals surface area contributed by atoms with Gasteiger partial charge in [-0.3, -0.25) is 9.89 Å². The third-order valence-electron chi connectivity index (χ3n) is 5.53. The summed E-state index contributed by atoms with van der Waals surface area (Å²) < 4.78 is 2.02. The van der Waals surface area contributed by atoms with Gasteiger partial charge >= 0.3 is 0 Å². The zero-order valence-electron chi connectivity index (χ0n) is 18.5. The minimum atomic E-state index is 0. The summed E-state index contributed by atoms with van der Waals surface area (Å²) in [6, 6.07) is 9.10. The van der Waals surface area contributed by atoms with Crippen molar-refractivity contribution >= 4 is 29.9 Å². The van der Waals surface area contributed by atoms with Crippen molar-refractivity contribution in [2.75, 3.05) is 39.8 Å². The number of nitrogens with zero attached hydrogens (tertiary/aromatic N) is 6. The predicted molar refractivity (Wildman–Crippen MR) is 133 cm³/mol. The predicted octanol–water partition coefficient (Wildman–Crippen LogP) is 3.19. The van der Waals surface area contributed by atoms with E-state index in [-0.39, 0.29) is 24.0 Å². The highest BCUT2D eigenvalue weighted by atomic mass is 127. The van der Waals surface area contributed by atoms with Crippen molar-refractivity contribution in [1.82, 2.24) is 29.9 Å². The third-order valence-corrected chi connectivity index (χ3v) is 5.53. The average Bonchev–Trinajstić information content (AvgIpc) is 3.25. The number of benzene rings is 1. The van der Waals surface area contributed by atoms with E-state index in [0.29, 0.717) is 5.92 Å². The number of halogens is 1. The van der Waals surface area contributed by atoms with Crippen molar-refractivity contribution in [3.8, 4) is 0 Å². The lowest BCUT2D eigenvalue weighted by Gasteiger charge is -2.36. The summed E-state index contributed by atoms with van der Waals surface area (Å²) >= 11 is 0. The number of aromatic nitrogens is 3. The first-order valence-electron chi connectivity index (χ1n) is 10.7. The summed E-state index contributed by atoms with van der Waals surface area (Å²) in [6.45, 7) is 11.6. The second-order valence-electron chi connectivity index (χ2n) is 8.04. The van der Waals surface area contributed by atoms with Gasteiger partial charge in [0.2, 0.25) is 0 Å². The molecule has 1 aliphatic rings. The minimum absolute atomic E-state index is 0. The molecule has 0 saturated carbocycles. The van der Waals surface area contributed by atoms with Gasteiger partial charge in [-0.25, -0.2) is 0 Å². The Morgan fingerprint density at radius 3 is 2.30 bits per heavy atom. The Hall–Kier alpha value is -1.68. The van der Waals surface area contributed by atoms with Gasteiger partial charge in [-0.2, -0.15) is 0 Å². The number of aryl methyl sites for hydroxylation is 1. The van der Waals surface area contributed by atoms with Crippen molar-refractivity contribution in [1.29, 1.82) is 0 Å². The standard InChI is InChI=1S/C22H35N7.HI/c1-19(2)21-8-6-20(7-9-21)16-27-12-14-29(15-13-27)22(23-3)24-10-4-5-11-28-17-25-26-18-28;/h6-9,17-19H,4-5,10-16H2,1-3H3,(H,23,24);1H. The molecule has 8 heteroatoms. The van der Waals surface area contributed by atoms with Crippen LogP contribution in [0.15, 0.2) is 41.9 Å². The second-order valence-corrected chi connectivity index (χ2v) is 8.04. The molecule has 1 aromatic heterocycles. The van der Waals surface area contributed by atoms with E-state index in [2.05, 4.69) is 68.4 Å². The first-order valence-corrected chi connectivity index (χ1v) is 10.7. The van der Waals surface area contributed by atoms with Gasteiger partial charge in [-0.1, -0.05) is 38.1 Å². The number of guanidine groups is 1. The van der Waals surface area contributed by atoms with Crippen LogP contribution in [0.1, 0.15) is 43.7 Å². The monoisotopic (exact) mass is 525 g/mol. The summed E-state index contributed by atoms with van der Waals surface area (Å²) in [6.07, 6.45) is 5.74. The van der Waals surface area contributed by atoms with Crippen molar-refractivity contribution < 1.29 is 0 Å². The second kappa shape index (κ2) is 12.9. The Kier molecular flexibility index (Phi) is 10.6. The largest absolute Gasteiger partial charge is 0.356 e. The summed E-state index contributed by atoms with van der Waals surface area (Å²) in [5, 5.41) is 11.2. The van der Waals surface area contributed by atoms with Crippen LogP contribution in [0, 0.1) is 0 Å². The number of piperazine rings is 1. The van der Waals surface area contributed by atoms with Crippen LogP contribution in [0.5, 0.6) is 0 Å². The molecule has 1 aromatic carbocycles. The maximum Gasteiger partial charge on any atom is 0.193 e. The minimum Gasteiger partial charge on any atom is -0.356 e. The first-order chi connectivity index (χ1) is 14.2. The number of rotatable bonds is 8. The van der Waals surface area contributed by atoms with Crippen LogP contribution in [0.3, 0.4) is 0 Å². The van der Waals surface area contributed by atoms with Crippen LogP contribution in [-0.4, -0.2) is 70.3 Å².